The fraction of sp³-hybridized carbons (Fsp3) is 0.400. The molecule has 0 aliphatic heterocycles. The van der Waals surface area contributed by atoms with Gasteiger partial charge >= 0.3 is 12.1 Å². The molecule has 168 valence electrons. The van der Waals surface area contributed by atoms with Crippen molar-refractivity contribution in [2.45, 2.75) is 26.2 Å². The maximum atomic E-state index is 13.0. The van der Waals surface area contributed by atoms with Crippen molar-refractivity contribution < 1.29 is 32.2 Å². The van der Waals surface area contributed by atoms with E-state index in [1.54, 1.807) is 6.92 Å². The molecule has 0 saturated carbocycles. The van der Waals surface area contributed by atoms with E-state index in [9.17, 15) is 27.6 Å². The highest BCUT2D eigenvalue weighted by Gasteiger charge is 2.30. The fourth-order valence-electron chi connectivity index (χ4n) is 2.64. The topological polar surface area (TPSA) is 90.7 Å². The van der Waals surface area contributed by atoms with Crippen LogP contribution in [0, 0.1) is 0 Å². The average Bonchev–Trinajstić information content (AvgIpc) is 2.72. The summed E-state index contributed by atoms with van der Waals surface area (Å²) in [6, 6.07) is 6.62. The monoisotopic (exact) mass is 441 g/mol. The molecule has 0 fully saturated rings. The van der Waals surface area contributed by atoms with E-state index in [0.717, 1.165) is 27.8 Å². The number of amides is 1. The van der Waals surface area contributed by atoms with Crippen molar-refractivity contribution in [2.75, 3.05) is 26.9 Å². The van der Waals surface area contributed by atoms with Gasteiger partial charge in [0.2, 0.25) is 0 Å². The van der Waals surface area contributed by atoms with Crippen LogP contribution in [0.5, 0.6) is 0 Å². The number of halogens is 3. The molecule has 1 amide bonds. The van der Waals surface area contributed by atoms with Gasteiger partial charge in [0.1, 0.15) is 12.2 Å². The summed E-state index contributed by atoms with van der Waals surface area (Å²) in [5.74, 6) is -1.37. The highest BCUT2D eigenvalue weighted by Crippen LogP contribution is 2.29. The second kappa shape index (κ2) is 10.7. The van der Waals surface area contributed by atoms with Crippen LogP contribution < -0.4 is 5.56 Å². The summed E-state index contributed by atoms with van der Waals surface area (Å²) in [7, 11) is 1.45. The molecular weight excluding hydrogens is 419 g/mol. The number of alkyl halides is 3. The van der Waals surface area contributed by atoms with E-state index in [1.807, 2.05) is 0 Å². The third-order valence-corrected chi connectivity index (χ3v) is 4.16. The van der Waals surface area contributed by atoms with Crippen LogP contribution in [-0.4, -0.2) is 53.4 Å². The third-order valence-electron chi connectivity index (χ3n) is 4.16. The molecule has 0 aliphatic rings. The first-order chi connectivity index (χ1) is 14.7. The largest absolute Gasteiger partial charge is 0.465 e. The van der Waals surface area contributed by atoms with Gasteiger partial charge in [-0.25, -0.2) is 4.68 Å². The zero-order valence-electron chi connectivity index (χ0n) is 17.0. The van der Waals surface area contributed by atoms with Crippen molar-refractivity contribution in [1.82, 2.24) is 14.7 Å². The molecule has 0 bridgehead atoms. The second-order valence-corrected chi connectivity index (χ2v) is 6.43. The van der Waals surface area contributed by atoms with Gasteiger partial charge in [-0.05, 0) is 30.7 Å². The maximum Gasteiger partial charge on any atom is 0.416 e. The molecule has 1 aromatic heterocycles. The molecule has 0 spiro atoms. The number of esters is 1. The lowest BCUT2D eigenvalue weighted by atomic mass is 10.1. The number of carbonyl (C=O) groups excluding carboxylic acids is 2. The Balaban J connectivity index is 2.29. The summed E-state index contributed by atoms with van der Waals surface area (Å²) < 4.78 is 49.2. The van der Waals surface area contributed by atoms with Crippen LogP contribution >= 0.6 is 0 Å². The standard InChI is InChI=1S/C20H22F3N3O5/c1-3-31-18(28)13-25(12-14-4-6-15(7-5-14)20(21,22)23)19(29)16-8-9-17(27)26(24-16)10-11-30-2/h4-9H,3,10-13H2,1-2H3. The first kappa shape index (κ1) is 24.1. The van der Waals surface area contributed by atoms with Gasteiger partial charge in [0.15, 0.2) is 0 Å². The Morgan fingerprint density at radius 1 is 1.13 bits per heavy atom. The van der Waals surface area contributed by atoms with Crippen molar-refractivity contribution in [3.8, 4) is 0 Å². The van der Waals surface area contributed by atoms with Crippen LogP contribution in [0.25, 0.3) is 0 Å². The van der Waals surface area contributed by atoms with Gasteiger partial charge in [-0.3, -0.25) is 14.4 Å². The number of ether oxygens (including phenoxy) is 2. The Hall–Kier alpha value is -3.21. The van der Waals surface area contributed by atoms with E-state index in [2.05, 4.69) is 5.10 Å². The Bertz CT molecular complexity index is 958. The number of carbonyl (C=O) groups is 2. The predicted molar refractivity (Wildman–Crippen MR) is 103 cm³/mol. The first-order valence-electron chi connectivity index (χ1n) is 9.33. The molecule has 8 nitrogen and oxygen atoms in total. The quantitative estimate of drug-likeness (QED) is 0.554. The number of hydrogen-bond donors (Lipinski definition) is 0. The molecule has 0 saturated heterocycles. The number of hydrogen-bond acceptors (Lipinski definition) is 6. The average molecular weight is 441 g/mol. The van der Waals surface area contributed by atoms with Crippen LogP contribution in [0.15, 0.2) is 41.2 Å². The summed E-state index contributed by atoms with van der Waals surface area (Å²) >= 11 is 0. The summed E-state index contributed by atoms with van der Waals surface area (Å²) in [4.78, 5) is 37.9. The van der Waals surface area contributed by atoms with Crippen LogP contribution in [0.3, 0.4) is 0 Å². The Labute approximate surface area is 176 Å². The molecule has 0 atom stereocenters. The lowest BCUT2D eigenvalue weighted by Crippen LogP contribution is -2.38. The highest BCUT2D eigenvalue weighted by molar-refractivity contribution is 5.94. The first-order valence-corrected chi connectivity index (χ1v) is 9.33. The van der Waals surface area contributed by atoms with E-state index in [4.69, 9.17) is 9.47 Å². The molecule has 0 radical (unpaired) electrons. The van der Waals surface area contributed by atoms with E-state index in [0.29, 0.717) is 5.56 Å². The molecule has 0 aliphatic carbocycles. The molecule has 0 unspecified atom stereocenters. The number of rotatable bonds is 9. The fourth-order valence-corrected chi connectivity index (χ4v) is 2.64. The smallest absolute Gasteiger partial charge is 0.416 e. The van der Waals surface area contributed by atoms with Crippen molar-refractivity contribution in [3.05, 3.63) is 63.6 Å². The molecule has 0 N–H and O–H groups in total. The molecule has 2 aromatic rings. The van der Waals surface area contributed by atoms with Gasteiger partial charge in [0.25, 0.3) is 11.5 Å². The predicted octanol–water partition coefficient (Wildman–Crippen LogP) is 2.11. The van der Waals surface area contributed by atoms with E-state index in [-0.39, 0.29) is 32.0 Å². The normalized spacial score (nSPS) is 11.3. The molecule has 1 heterocycles. The third kappa shape index (κ3) is 6.92. The van der Waals surface area contributed by atoms with Crippen LogP contribution in [-0.2, 0) is 33.5 Å². The van der Waals surface area contributed by atoms with Gasteiger partial charge in [0, 0.05) is 19.7 Å². The maximum absolute atomic E-state index is 13.0. The Kier molecular flexibility index (Phi) is 8.31. The Morgan fingerprint density at radius 2 is 1.81 bits per heavy atom. The summed E-state index contributed by atoms with van der Waals surface area (Å²) in [5, 5.41) is 4.00. The van der Waals surface area contributed by atoms with Gasteiger partial charge in [-0.2, -0.15) is 18.3 Å². The molecule has 2 rings (SSSR count). The number of aromatic nitrogens is 2. The highest BCUT2D eigenvalue weighted by atomic mass is 19.4. The van der Waals surface area contributed by atoms with Gasteiger partial charge in [-0.15, -0.1) is 0 Å². The van der Waals surface area contributed by atoms with E-state index >= 15 is 0 Å². The second-order valence-electron chi connectivity index (χ2n) is 6.43. The van der Waals surface area contributed by atoms with Crippen LogP contribution in [0.2, 0.25) is 0 Å². The minimum atomic E-state index is -4.49. The number of nitrogens with zero attached hydrogens (tertiary/aromatic N) is 3. The van der Waals surface area contributed by atoms with E-state index < -0.39 is 35.7 Å². The number of methoxy groups -OCH3 is 1. The van der Waals surface area contributed by atoms with Gasteiger partial charge in [0.05, 0.1) is 25.3 Å². The van der Waals surface area contributed by atoms with Crippen LogP contribution in [0.1, 0.15) is 28.5 Å². The van der Waals surface area contributed by atoms with Crippen molar-refractivity contribution in [2.24, 2.45) is 0 Å². The van der Waals surface area contributed by atoms with Gasteiger partial charge < -0.3 is 14.4 Å². The van der Waals surface area contributed by atoms with Crippen molar-refractivity contribution >= 4 is 11.9 Å². The van der Waals surface area contributed by atoms with Crippen LogP contribution in [0.4, 0.5) is 13.2 Å². The lowest BCUT2D eigenvalue weighted by molar-refractivity contribution is -0.144. The SMILES string of the molecule is CCOC(=O)CN(Cc1ccc(C(F)(F)F)cc1)C(=O)c1ccc(=O)n(CCOC)n1. The molecule has 31 heavy (non-hydrogen) atoms. The lowest BCUT2D eigenvalue weighted by Gasteiger charge is -2.22. The number of benzene rings is 1. The molecular formula is C20H22F3N3O5. The summed E-state index contributed by atoms with van der Waals surface area (Å²) in [5.41, 5.74) is -0.995. The minimum absolute atomic E-state index is 0.0985. The molecule has 1 aromatic carbocycles. The minimum Gasteiger partial charge on any atom is -0.465 e. The molecule has 11 heteroatoms. The van der Waals surface area contributed by atoms with Crippen molar-refractivity contribution in [3.63, 3.8) is 0 Å². The van der Waals surface area contributed by atoms with Crippen molar-refractivity contribution in [1.29, 1.82) is 0 Å². The summed E-state index contributed by atoms with van der Waals surface area (Å²) in [6.45, 7) is 1.42. The van der Waals surface area contributed by atoms with Gasteiger partial charge in [-0.1, -0.05) is 12.1 Å². The zero-order valence-corrected chi connectivity index (χ0v) is 17.0. The Morgan fingerprint density at radius 3 is 2.39 bits per heavy atom. The van der Waals surface area contributed by atoms with E-state index in [1.165, 1.54) is 25.3 Å². The summed E-state index contributed by atoms with van der Waals surface area (Å²) in [6.07, 6.45) is -4.49. The zero-order chi connectivity index (χ0) is 23.0.